The first-order chi connectivity index (χ1) is 7.72. The number of fused-ring (bicyclic) bond motifs is 1. The molecule has 0 unspecified atom stereocenters. The van der Waals surface area contributed by atoms with Crippen LogP contribution in [0.2, 0.25) is 5.02 Å². The van der Waals surface area contributed by atoms with Crippen LogP contribution in [0.5, 0.6) is 0 Å². The molecule has 2 heterocycles. The van der Waals surface area contributed by atoms with Crippen molar-refractivity contribution in [2.75, 3.05) is 0 Å². The van der Waals surface area contributed by atoms with Crippen LogP contribution in [0.1, 0.15) is 4.88 Å². The average Bonchev–Trinajstić information content (AvgIpc) is 2.75. The molecule has 2 nitrogen and oxygen atoms in total. The highest BCUT2D eigenvalue weighted by molar-refractivity contribution is 7.17. The Kier molecular flexibility index (Phi) is 2.23. The number of hydrogen-bond acceptors (Lipinski definition) is 2. The highest BCUT2D eigenvalue weighted by Crippen LogP contribution is 2.24. The van der Waals surface area contributed by atoms with Gasteiger partial charge in [-0.15, -0.1) is 11.3 Å². The summed E-state index contributed by atoms with van der Waals surface area (Å²) < 4.78 is 2.06. The second kappa shape index (κ2) is 3.61. The Labute approximate surface area is 102 Å². The number of imidazole rings is 1. The first-order valence-electron chi connectivity index (χ1n) is 4.93. The zero-order valence-corrected chi connectivity index (χ0v) is 10.2. The van der Waals surface area contributed by atoms with Crippen molar-refractivity contribution in [1.82, 2.24) is 9.38 Å². The molecule has 0 spiro atoms. The largest absolute Gasteiger partial charge is 0.297 e. The molecule has 2 aromatic heterocycles. The quantitative estimate of drug-likeness (QED) is 0.636. The molecule has 0 fully saturated rings. The third-order valence-electron chi connectivity index (χ3n) is 2.41. The van der Waals surface area contributed by atoms with Crippen LogP contribution in [0.15, 0.2) is 36.7 Å². The molecule has 16 heavy (non-hydrogen) atoms. The second-order valence-corrected chi connectivity index (χ2v) is 5.31. The third-order valence-corrected chi connectivity index (χ3v) is 3.58. The summed E-state index contributed by atoms with van der Waals surface area (Å²) in [4.78, 5) is 6.87. The third kappa shape index (κ3) is 1.62. The van der Waals surface area contributed by atoms with E-state index < -0.39 is 0 Å². The van der Waals surface area contributed by atoms with Crippen molar-refractivity contribution in [2.24, 2.45) is 0 Å². The summed E-state index contributed by atoms with van der Waals surface area (Å²) >= 11 is 7.55. The van der Waals surface area contributed by atoms with Crippen molar-refractivity contribution in [3.63, 3.8) is 0 Å². The lowest BCUT2D eigenvalue weighted by atomic mass is 10.2. The van der Waals surface area contributed by atoms with Crippen LogP contribution in [-0.2, 0) is 0 Å². The lowest BCUT2D eigenvalue weighted by molar-refractivity contribution is 1.22. The number of halogens is 1. The molecule has 80 valence electrons. The van der Waals surface area contributed by atoms with Crippen molar-refractivity contribution < 1.29 is 0 Å². The van der Waals surface area contributed by atoms with Gasteiger partial charge in [0.2, 0.25) is 0 Å². The summed E-state index contributed by atoms with van der Waals surface area (Å²) in [5, 5.41) is 0.751. The van der Waals surface area contributed by atoms with Crippen molar-refractivity contribution in [3.8, 4) is 11.3 Å². The Hall–Kier alpha value is -1.32. The van der Waals surface area contributed by atoms with Gasteiger partial charge in [-0.25, -0.2) is 4.98 Å². The Bertz CT molecular complexity index is 605. The van der Waals surface area contributed by atoms with E-state index in [1.54, 1.807) is 11.3 Å². The summed E-state index contributed by atoms with van der Waals surface area (Å²) in [6, 6.07) is 7.74. The number of aromatic nitrogens is 2. The number of rotatable bonds is 1. The molecule has 0 aliphatic rings. The summed E-state index contributed by atoms with van der Waals surface area (Å²) in [7, 11) is 0. The van der Waals surface area contributed by atoms with Crippen LogP contribution in [0.3, 0.4) is 0 Å². The second-order valence-electron chi connectivity index (χ2n) is 3.66. The maximum Gasteiger partial charge on any atom is 0.194 e. The normalized spacial score (nSPS) is 11.1. The van der Waals surface area contributed by atoms with Crippen molar-refractivity contribution in [3.05, 3.63) is 46.6 Å². The number of benzene rings is 1. The zero-order chi connectivity index (χ0) is 11.1. The first kappa shape index (κ1) is 9.87. The summed E-state index contributed by atoms with van der Waals surface area (Å²) in [6.07, 6.45) is 4.13. The molecule has 0 saturated heterocycles. The van der Waals surface area contributed by atoms with Crippen molar-refractivity contribution >= 4 is 27.9 Å². The molecular weight excluding hydrogens is 240 g/mol. The smallest absolute Gasteiger partial charge is 0.194 e. The lowest BCUT2D eigenvalue weighted by Gasteiger charge is -1.95. The van der Waals surface area contributed by atoms with Gasteiger partial charge in [-0.2, -0.15) is 0 Å². The van der Waals surface area contributed by atoms with Gasteiger partial charge in [-0.1, -0.05) is 23.7 Å². The minimum absolute atomic E-state index is 0.751. The van der Waals surface area contributed by atoms with E-state index >= 15 is 0 Å². The van der Waals surface area contributed by atoms with Gasteiger partial charge in [0.1, 0.15) is 0 Å². The maximum absolute atomic E-state index is 5.85. The molecule has 4 heteroatoms. The van der Waals surface area contributed by atoms with Crippen LogP contribution in [0.4, 0.5) is 0 Å². The molecule has 0 N–H and O–H groups in total. The Morgan fingerprint density at radius 3 is 2.62 bits per heavy atom. The van der Waals surface area contributed by atoms with Gasteiger partial charge >= 0.3 is 0 Å². The summed E-state index contributed by atoms with van der Waals surface area (Å²) in [5.74, 6) is 0. The fourth-order valence-corrected chi connectivity index (χ4v) is 2.61. The standard InChI is InChI=1S/C12H9ClN2S/c1-8-6-15-7-11(14-12(15)16-8)9-2-4-10(13)5-3-9/h2-7H,1H3. The van der Waals surface area contributed by atoms with Crippen LogP contribution in [0, 0.1) is 6.92 Å². The average molecular weight is 249 g/mol. The molecule has 0 bridgehead atoms. The van der Waals surface area contributed by atoms with Gasteiger partial charge in [-0.05, 0) is 19.1 Å². The van der Waals surface area contributed by atoms with Gasteiger partial charge in [0.15, 0.2) is 4.96 Å². The van der Waals surface area contributed by atoms with Gasteiger partial charge in [0.25, 0.3) is 0 Å². The van der Waals surface area contributed by atoms with Crippen LogP contribution < -0.4 is 0 Å². The van der Waals surface area contributed by atoms with Crippen LogP contribution >= 0.6 is 22.9 Å². The van der Waals surface area contributed by atoms with E-state index in [0.717, 1.165) is 21.2 Å². The van der Waals surface area contributed by atoms with Crippen LogP contribution in [-0.4, -0.2) is 9.38 Å². The van der Waals surface area contributed by atoms with Gasteiger partial charge in [-0.3, -0.25) is 4.40 Å². The topological polar surface area (TPSA) is 17.3 Å². The minimum atomic E-state index is 0.751. The Morgan fingerprint density at radius 2 is 1.94 bits per heavy atom. The molecule has 0 amide bonds. The predicted octanol–water partition coefficient (Wildman–Crippen LogP) is 4.02. The molecule has 0 aliphatic heterocycles. The molecule has 0 aliphatic carbocycles. The van der Waals surface area contributed by atoms with E-state index in [2.05, 4.69) is 22.5 Å². The van der Waals surface area contributed by atoms with E-state index in [-0.39, 0.29) is 0 Å². The number of hydrogen-bond donors (Lipinski definition) is 0. The number of aryl methyl sites for hydroxylation is 1. The fourth-order valence-electron chi connectivity index (χ4n) is 1.67. The lowest BCUT2D eigenvalue weighted by Crippen LogP contribution is -1.76. The van der Waals surface area contributed by atoms with Crippen LogP contribution in [0.25, 0.3) is 16.2 Å². The van der Waals surface area contributed by atoms with Crippen molar-refractivity contribution in [2.45, 2.75) is 6.92 Å². The van der Waals surface area contributed by atoms with E-state index in [0.29, 0.717) is 0 Å². The van der Waals surface area contributed by atoms with E-state index in [1.807, 2.05) is 30.5 Å². The van der Waals surface area contributed by atoms with Gasteiger partial charge in [0.05, 0.1) is 5.69 Å². The molecule has 3 aromatic rings. The van der Waals surface area contributed by atoms with E-state index in [9.17, 15) is 0 Å². The highest BCUT2D eigenvalue weighted by Gasteiger charge is 2.06. The number of nitrogens with zero attached hydrogens (tertiary/aromatic N) is 2. The molecule has 0 atom stereocenters. The van der Waals surface area contributed by atoms with Gasteiger partial charge in [0, 0.05) is 27.9 Å². The predicted molar refractivity (Wildman–Crippen MR) is 68.3 cm³/mol. The molecule has 3 rings (SSSR count). The van der Waals surface area contributed by atoms with Gasteiger partial charge < -0.3 is 0 Å². The fraction of sp³-hybridized carbons (Fsp3) is 0.0833. The molecule has 0 saturated carbocycles. The maximum atomic E-state index is 5.85. The zero-order valence-electron chi connectivity index (χ0n) is 8.64. The number of thiazole rings is 1. The molecular formula is C12H9ClN2S. The Balaban J connectivity index is 2.11. The van der Waals surface area contributed by atoms with Crippen molar-refractivity contribution in [1.29, 1.82) is 0 Å². The molecule has 0 radical (unpaired) electrons. The highest BCUT2D eigenvalue weighted by atomic mass is 35.5. The van der Waals surface area contributed by atoms with E-state index in [1.165, 1.54) is 4.88 Å². The SMILES string of the molecule is Cc1cn2cc(-c3ccc(Cl)cc3)nc2s1. The molecule has 1 aromatic carbocycles. The summed E-state index contributed by atoms with van der Waals surface area (Å²) in [5.41, 5.74) is 2.08. The monoisotopic (exact) mass is 248 g/mol. The minimum Gasteiger partial charge on any atom is -0.297 e. The first-order valence-corrected chi connectivity index (χ1v) is 6.13. The Morgan fingerprint density at radius 1 is 1.19 bits per heavy atom. The summed E-state index contributed by atoms with van der Waals surface area (Å²) in [6.45, 7) is 2.08. The van der Waals surface area contributed by atoms with E-state index in [4.69, 9.17) is 11.6 Å².